The van der Waals surface area contributed by atoms with Gasteiger partial charge in [0.25, 0.3) is 11.8 Å². The number of benzene rings is 2. The molecule has 2 heterocycles. The molecule has 2 aromatic carbocycles. The molecular weight excluding hydrogens is 877 g/mol. The number of ketones is 1. The average molecular weight is 939 g/mol. The lowest BCUT2D eigenvalue weighted by Crippen LogP contribution is -2.57. The van der Waals surface area contributed by atoms with Gasteiger partial charge in [0.1, 0.15) is 29.7 Å². The minimum atomic E-state index is -1.29. The van der Waals surface area contributed by atoms with Gasteiger partial charge in [-0.3, -0.25) is 48.8 Å². The number of unbranched alkanes of at least 4 members (excludes halogenated alkanes) is 2. The van der Waals surface area contributed by atoms with E-state index in [9.17, 15) is 38.4 Å². The molecule has 68 heavy (non-hydrogen) atoms. The fourth-order valence-corrected chi connectivity index (χ4v) is 6.82. The van der Waals surface area contributed by atoms with Gasteiger partial charge in [-0.15, -0.1) is 0 Å². The minimum absolute atomic E-state index is 0.0650. The first kappa shape index (κ1) is 54.4. The zero-order chi connectivity index (χ0) is 50.0. The van der Waals surface area contributed by atoms with E-state index in [4.69, 9.17) is 16.8 Å². The molecule has 0 saturated carbocycles. The smallest absolute Gasteiger partial charge is 0.252 e. The molecule has 364 valence electrons. The third kappa shape index (κ3) is 18.5. The van der Waals surface area contributed by atoms with Gasteiger partial charge < -0.3 is 42.5 Å². The fourth-order valence-electron chi connectivity index (χ4n) is 6.82. The van der Waals surface area contributed by atoms with Crippen LogP contribution in [0.25, 0.3) is 0 Å². The van der Waals surface area contributed by atoms with Gasteiger partial charge in [0, 0.05) is 57.0 Å². The molecule has 1 unspecified atom stereocenters. The van der Waals surface area contributed by atoms with Gasteiger partial charge in [-0.2, -0.15) is 5.10 Å². The summed E-state index contributed by atoms with van der Waals surface area (Å²) in [6.07, 6.45) is 6.23. The van der Waals surface area contributed by atoms with Crippen molar-refractivity contribution in [2.24, 2.45) is 21.7 Å². The summed E-state index contributed by atoms with van der Waals surface area (Å²) in [7, 11) is 1.43. The van der Waals surface area contributed by atoms with Crippen molar-refractivity contribution in [3.63, 3.8) is 0 Å². The molecule has 1 aliphatic rings. The number of anilines is 2. The number of rotatable bonds is 18. The highest BCUT2D eigenvalue weighted by Crippen LogP contribution is 2.19. The Balaban J connectivity index is 0.00000604. The van der Waals surface area contributed by atoms with Crippen LogP contribution >= 0.6 is 0 Å². The van der Waals surface area contributed by atoms with E-state index >= 15 is 0 Å². The van der Waals surface area contributed by atoms with Crippen molar-refractivity contribution in [1.29, 1.82) is 11.1 Å². The van der Waals surface area contributed by atoms with Gasteiger partial charge in [-0.1, -0.05) is 50.6 Å². The number of aliphatic imine (C=N–C) groups is 1. The molecule has 2 bridgehead atoms. The van der Waals surface area contributed by atoms with Crippen molar-refractivity contribution >= 4 is 71.2 Å². The number of likely N-dealkylation sites (N-methyl/N-ethyl adjacent to an activating group) is 1. The van der Waals surface area contributed by atoms with Crippen molar-refractivity contribution in [1.82, 2.24) is 36.5 Å². The first-order valence-corrected chi connectivity index (χ1v) is 22.0. The summed E-state index contributed by atoms with van der Waals surface area (Å²) in [6, 6.07) is 13.9. The lowest BCUT2D eigenvalue weighted by atomic mass is 9.99. The second-order valence-corrected chi connectivity index (χ2v) is 16.1. The number of aromatic nitrogens is 1. The molecule has 0 spiro atoms. The number of hydrogen-bond acceptors (Lipinski definition) is 14. The van der Waals surface area contributed by atoms with Crippen LogP contribution in [0.2, 0.25) is 0 Å². The van der Waals surface area contributed by atoms with Crippen LogP contribution in [-0.4, -0.2) is 114 Å². The lowest BCUT2D eigenvalue weighted by molar-refractivity contribution is -0.141. The summed E-state index contributed by atoms with van der Waals surface area (Å²) in [5, 5.41) is 20.3. The highest BCUT2D eigenvalue weighted by Gasteiger charge is 2.34. The zero-order valence-electron chi connectivity index (χ0n) is 38.7. The summed E-state index contributed by atoms with van der Waals surface area (Å²) in [6.45, 7) is 4.66. The fraction of sp³-hybridized carbons (Fsp3) is 0.413. The largest absolute Gasteiger partial charge is 0.390 e. The highest BCUT2D eigenvalue weighted by atomic mass is 16.2. The Morgan fingerprint density at radius 1 is 0.926 bits per heavy atom. The van der Waals surface area contributed by atoms with E-state index in [0.717, 1.165) is 11.9 Å². The Morgan fingerprint density at radius 2 is 1.66 bits per heavy atom. The number of carbonyl (C=O) groups excluding carboxylic acids is 8. The van der Waals surface area contributed by atoms with Crippen LogP contribution < -0.4 is 43.1 Å². The third-order valence-electron chi connectivity index (χ3n) is 10.4. The Bertz CT molecular complexity index is 2260. The predicted octanol–water partition coefficient (Wildman–Crippen LogP) is 2.61. The average Bonchev–Trinajstić information content (AvgIpc) is 3.32. The standard InChI is InChI=1S/C46H60N12O8.H2N2/c1-29(2)41-46(66)58(4)37(14-11-18-48-28-47)45(65)52-27-40(61)55-36(20-30(3)59)44(64)51-24-32-21-34(43(63)56-41)23-35(22-32)54-39(60)15-9-6-10-19-49-42(62)33-16-17-38(50-26-33)57-53-25-31-12-7-5-8-13-31;1-2/h5,7-8,12-13,16-17,21-23,25-26,28-29,36-37,41H,6,9-11,14-15,18-20,24,27H2,1-4H3,(H2,47,48)(H,49,62)(H,50,57)(H,51,64)(H,52,65)(H,54,60)(H,55,61)(H,56,63);1-2H/b53-25-;/t36-,37-,41?;/m0./s1. The quantitative estimate of drug-likeness (QED) is 0.0291. The van der Waals surface area contributed by atoms with Crippen LogP contribution in [0.5, 0.6) is 0 Å². The van der Waals surface area contributed by atoms with E-state index in [1.807, 2.05) is 30.3 Å². The maximum absolute atomic E-state index is 14.0. The van der Waals surface area contributed by atoms with Crippen molar-refractivity contribution in [3.05, 3.63) is 89.1 Å². The summed E-state index contributed by atoms with van der Waals surface area (Å²) in [5.41, 5.74) is 20.2. The second-order valence-electron chi connectivity index (χ2n) is 16.1. The van der Waals surface area contributed by atoms with Gasteiger partial charge in [0.2, 0.25) is 29.5 Å². The number of fused-ring (bicyclic) bond motifs is 2. The number of nitrogens with two attached hydrogens (primary N) is 1. The molecule has 3 atom stereocenters. The molecule has 1 aliphatic heterocycles. The van der Waals surface area contributed by atoms with E-state index in [1.54, 1.807) is 38.3 Å². The molecule has 7 amide bonds. The number of amides is 7. The SMILES string of the molecule is CC(=O)C[C@@H]1NC(=O)CNC(=O)[C@H](CCCN=CN)N(C)C(=O)C(C(C)C)NC(=O)c2cc(cc(NC(=O)CCCCCNC(=O)c3ccc(N/N=C\c4ccccc4)nc3)c2)CNC1=O.N=N. The Kier molecular flexibility index (Phi) is 23.1. The van der Waals surface area contributed by atoms with Crippen molar-refractivity contribution in [3.8, 4) is 0 Å². The molecule has 3 aromatic rings. The van der Waals surface area contributed by atoms with E-state index < -0.39 is 60.1 Å². The molecule has 0 aliphatic carbocycles. The van der Waals surface area contributed by atoms with Crippen LogP contribution in [0.1, 0.15) is 97.6 Å². The minimum Gasteiger partial charge on any atom is -0.390 e. The van der Waals surface area contributed by atoms with Crippen LogP contribution in [0.15, 0.2) is 77.0 Å². The van der Waals surface area contributed by atoms with Gasteiger partial charge >= 0.3 is 0 Å². The lowest BCUT2D eigenvalue weighted by Gasteiger charge is -2.32. The van der Waals surface area contributed by atoms with Crippen LogP contribution in [-0.2, 0) is 35.3 Å². The van der Waals surface area contributed by atoms with Crippen molar-refractivity contribution < 1.29 is 38.4 Å². The summed E-state index contributed by atoms with van der Waals surface area (Å²) in [5.74, 6) is -4.29. The number of carbonyl (C=O) groups is 8. The van der Waals surface area contributed by atoms with Crippen molar-refractivity contribution in [2.75, 3.05) is 37.4 Å². The highest BCUT2D eigenvalue weighted by molar-refractivity contribution is 6.01. The second kappa shape index (κ2) is 28.9. The predicted molar refractivity (Wildman–Crippen MR) is 255 cm³/mol. The number of hydrogen-bond donors (Lipinski definition) is 10. The van der Waals surface area contributed by atoms with E-state index in [-0.39, 0.29) is 61.2 Å². The Hall–Kier alpha value is -7.91. The van der Waals surface area contributed by atoms with Crippen molar-refractivity contribution in [2.45, 2.75) is 90.4 Å². The first-order valence-electron chi connectivity index (χ1n) is 22.0. The molecule has 22 heteroatoms. The summed E-state index contributed by atoms with van der Waals surface area (Å²) < 4.78 is 0. The number of nitrogens with one attached hydrogen (secondary N) is 9. The van der Waals surface area contributed by atoms with Gasteiger partial charge in [-0.05, 0) is 80.0 Å². The third-order valence-corrected chi connectivity index (χ3v) is 10.4. The van der Waals surface area contributed by atoms with E-state index in [2.05, 4.69) is 52.4 Å². The van der Waals surface area contributed by atoms with Gasteiger partial charge in [0.15, 0.2) is 0 Å². The molecule has 11 N–H and O–H groups in total. The van der Waals surface area contributed by atoms with Gasteiger partial charge in [0.05, 0.1) is 24.7 Å². The number of pyridine rings is 1. The van der Waals surface area contributed by atoms with Crippen LogP contribution in [0, 0.1) is 17.0 Å². The molecule has 4 rings (SSSR count). The normalized spacial score (nSPS) is 17.2. The first-order chi connectivity index (χ1) is 32.6. The van der Waals surface area contributed by atoms with E-state index in [0.29, 0.717) is 49.2 Å². The molecule has 0 saturated heterocycles. The van der Waals surface area contributed by atoms with Gasteiger partial charge in [-0.25, -0.2) is 16.0 Å². The molecule has 22 nitrogen and oxygen atoms in total. The summed E-state index contributed by atoms with van der Waals surface area (Å²) >= 11 is 0. The number of nitrogens with zero attached hydrogens (tertiary/aromatic N) is 4. The molecule has 0 radical (unpaired) electrons. The maximum Gasteiger partial charge on any atom is 0.252 e. The monoisotopic (exact) mass is 938 g/mol. The number of hydrazone groups is 1. The summed E-state index contributed by atoms with van der Waals surface area (Å²) in [4.78, 5) is 115. The maximum atomic E-state index is 14.0. The zero-order valence-corrected chi connectivity index (χ0v) is 38.7. The Labute approximate surface area is 394 Å². The molecular formula is C46H62N14O8. The Morgan fingerprint density at radius 3 is 2.34 bits per heavy atom. The molecule has 0 fully saturated rings. The van der Waals surface area contributed by atoms with Crippen LogP contribution in [0.3, 0.4) is 0 Å². The number of Topliss-reactive ketones (excluding diaryl/α,β-unsaturated/α-hetero) is 1. The molecule has 1 aromatic heterocycles. The van der Waals surface area contributed by atoms with E-state index in [1.165, 1.54) is 37.2 Å². The topological polar surface area (TPSA) is 335 Å². The van der Waals surface area contributed by atoms with Crippen LogP contribution in [0.4, 0.5) is 11.5 Å².